The van der Waals surface area contributed by atoms with E-state index in [1.54, 1.807) is 0 Å². The van der Waals surface area contributed by atoms with E-state index in [4.69, 9.17) is 12.2 Å². The zero-order valence-corrected chi connectivity index (χ0v) is 10.9. The van der Waals surface area contributed by atoms with Gasteiger partial charge in [-0.05, 0) is 37.7 Å². The standard InChI is InChI=1S/C13H17N3S/c1-3-14-13(17)16-15-11(2)9-10-12-7-5-4-6-8-12/h4-10H,3H2,1-2H3,(H2,14,16,17)/b10-9+,15-11+. The third kappa shape index (κ3) is 5.82. The van der Waals surface area contributed by atoms with Crippen molar-refractivity contribution >= 4 is 29.1 Å². The van der Waals surface area contributed by atoms with Gasteiger partial charge in [0, 0.05) is 6.54 Å². The maximum atomic E-state index is 5.00. The minimum Gasteiger partial charge on any atom is -0.362 e. The molecule has 90 valence electrons. The normalized spacial score (nSPS) is 11.5. The van der Waals surface area contributed by atoms with E-state index in [1.165, 1.54) is 0 Å². The first kappa shape index (κ1) is 13.4. The fourth-order valence-electron chi connectivity index (χ4n) is 1.16. The number of hydrazone groups is 1. The minimum atomic E-state index is 0.542. The molecule has 0 heterocycles. The maximum absolute atomic E-state index is 5.00. The number of thiocarbonyl (C=S) groups is 1. The predicted octanol–water partition coefficient (Wildman–Crippen LogP) is 2.56. The van der Waals surface area contributed by atoms with Gasteiger partial charge in [0.25, 0.3) is 0 Å². The molecule has 0 aliphatic rings. The molecule has 0 amide bonds. The molecule has 1 aromatic rings. The van der Waals surface area contributed by atoms with Crippen molar-refractivity contribution in [3.8, 4) is 0 Å². The van der Waals surface area contributed by atoms with Crippen molar-refractivity contribution in [2.75, 3.05) is 6.54 Å². The van der Waals surface area contributed by atoms with Crippen LogP contribution in [0.3, 0.4) is 0 Å². The molecule has 1 rings (SSSR count). The van der Waals surface area contributed by atoms with Gasteiger partial charge in [0.15, 0.2) is 5.11 Å². The summed E-state index contributed by atoms with van der Waals surface area (Å²) in [7, 11) is 0. The Balaban J connectivity index is 2.48. The summed E-state index contributed by atoms with van der Waals surface area (Å²) in [5.74, 6) is 0. The lowest BCUT2D eigenvalue weighted by Gasteiger charge is -2.03. The summed E-state index contributed by atoms with van der Waals surface area (Å²) in [6.07, 6.45) is 3.95. The second-order valence-corrected chi connectivity index (χ2v) is 3.88. The van der Waals surface area contributed by atoms with Crippen LogP contribution >= 0.6 is 12.2 Å². The number of rotatable bonds is 4. The van der Waals surface area contributed by atoms with E-state index in [-0.39, 0.29) is 0 Å². The second kappa shape index (κ2) is 7.57. The molecule has 0 radical (unpaired) electrons. The minimum absolute atomic E-state index is 0.542. The van der Waals surface area contributed by atoms with Gasteiger partial charge < -0.3 is 5.32 Å². The lowest BCUT2D eigenvalue weighted by molar-refractivity contribution is 0.901. The van der Waals surface area contributed by atoms with Crippen LogP contribution in [0.1, 0.15) is 19.4 Å². The number of hydrogen-bond acceptors (Lipinski definition) is 2. The van der Waals surface area contributed by atoms with Crippen molar-refractivity contribution < 1.29 is 0 Å². The zero-order valence-electron chi connectivity index (χ0n) is 10.1. The summed E-state index contributed by atoms with van der Waals surface area (Å²) in [5.41, 5.74) is 4.80. The summed E-state index contributed by atoms with van der Waals surface area (Å²) in [6.45, 7) is 4.70. The third-order valence-corrected chi connectivity index (χ3v) is 2.22. The van der Waals surface area contributed by atoms with Crippen LogP contribution in [0.2, 0.25) is 0 Å². The summed E-state index contributed by atoms with van der Waals surface area (Å²) in [6, 6.07) is 10.1. The van der Waals surface area contributed by atoms with Gasteiger partial charge in [-0.25, -0.2) is 0 Å². The summed E-state index contributed by atoms with van der Waals surface area (Å²) in [4.78, 5) is 0. The Kier molecular flexibility index (Phi) is 5.96. The molecule has 0 saturated heterocycles. The van der Waals surface area contributed by atoms with Gasteiger partial charge >= 0.3 is 0 Å². The fourth-order valence-corrected chi connectivity index (χ4v) is 1.35. The first-order valence-electron chi connectivity index (χ1n) is 5.53. The molecule has 1 aromatic carbocycles. The van der Waals surface area contributed by atoms with Gasteiger partial charge in [-0.1, -0.05) is 36.4 Å². The molecule has 0 unspecified atom stereocenters. The molecule has 0 aromatic heterocycles. The van der Waals surface area contributed by atoms with E-state index >= 15 is 0 Å². The molecule has 0 saturated carbocycles. The highest BCUT2D eigenvalue weighted by molar-refractivity contribution is 7.80. The van der Waals surface area contributed by atoms with Gasteiger partial charge in [0.2, 0.25) is 0 Å². The second-order valence-electron chi connectivity index (χ2n) is 3.47. The molecule has 3 nitrogen and oxygen atoms in total. The molecule has 4 heteroatoms. The average Bonchev–Trinajstić information content (AvgIpc) is 2.35. The van der Waals surface area contributed by atoms with Gasteiger partial charge in [-0.2, -0.15) is 5.10 Å². The predicted molar refractivity (Wildman–Crippen MR) is 78.0 cm³/mol. The largest absolute Gasteiger partial charge is 0.362 e. The smallest absolute Gasteiger partial charge is 0.186 e. The monoisotopic (exact) mass is 247 g/mol. The van der Waals surface area contributed by atoms with Crippen molar-refractivity contribution in [1.82, 2.24) is 10.7 Å². The van der Waals surface area contributed by atoms with Crippen LogP contribution in [0.25, 0.3) is 6.08 Å². The quantitative estimate of drug-likeness (QED) is 0.488. The Morgan fingerprint density at radius 3 is 2.71 bits per heavy atom. The van der Waals surface area contributed by atoms with Crippen molar-refractivity contribution in [1.29, 1.82) is 0 Å². The number of allylic oxidation sites excluding steroid dienone is 1. The molecule has 0 aliphatic carbocycles. The van der Waals surface area contributed by atoms with Crippen LogP contribution in [0.15, 0.2) is 41.5 Å². The molecule has 0 spiro atoms. The molecule has 17 heavy (non-hydrogen) atoms. The SMILES string of the molecule is CCNC(=S)N/N=C(C)/C=C/c1ccccc1. The van der Waals surface area contributed by atoms with Crippen LogP contribution < -0.4 is 10.7 Å². The molecule has 0 bridgehead atoms. The Morgan fingerprint density at radius 1 is 1.35 bits per heavy atom. The first-order valence-corrected chi connectivity index (χ1v) is 5.94. The van der Waals surface area contributed by atoms with E-state index in [1.807, 2.05) is 56.3 Å². The van der Waals surface area contributed by atoms with E-state index < -0.39 is 0 Å². The van der Waals surface area contributed by atoms with E-state index in [0.29, 0.717) is 5.11 Å². The van der Waals surface area contributed by atoms with Crippen LogP contribution in [0.5, 0.6) is 0 Å². The number of hydrogen-bond donors (Lipinski definition) is 2. The van der Waals surface area contributed by atoms with Crippen LogP contribution in [0.4, 0.5) is 0 Å². The fraction of sp³-hybridized carbons (Fsp3) is 0.231. The summed E-state index contributed by atoms with van der Waals surface area (Å²) >= 11 is 5.00. The molecule has 0 fully saturated rings. The molecular formula is C13H17N3S. The van der Waals surface area contributed by atoms with Gasteiger partial charge in [-0.3, -0.25) is 5.43 Å². The van der Waals surface area contributed by atoms with Gasteiger partial charge in [0.05, 0.1) is 5.71 Å². The molecule has 0 aliphatic heterocycles. The summed E-state index contributed by atoms with van der Waals surface area (Å²) < 4.78 is 0. The van der Waals surface area contributed by atoms with E-state index in [2.05, 4.69) is 15.8 Å². The number of nitrogens with zero attached hydrogens (tertiary/aromatic N) is 1. The Hall–Kier alpha value is -1.68. The van der Waals surface area contributed by atoms with Crippen molar-refractivity contribution in [2.24, 2.45) is 5.10 Å². The van der Waals surface area contributed by atoms with E-state index in [9.17, 15) is 0 Å². The topological polar surface area (TPSA) is 36.4 Å². The summed E-state index contributed by atoms with van der Waals surface area (Å²) in [5, 5.41) is 7.64. The Labute approximate surface area is 108 Å². The maximum Gasteiger partial charge on any atom is 0.186 e. The molecular weight excluding hydrogens is 230 g/mol. The zero-order chi connectivity index (χ0) is 12.5. The van der Waals surface area contributed by atoms with Gasteiger partial charge in [0.1, 0.15) is 0 Å². The average molecular weight is 247 g/mol. The molecule has 0 atom stereocenters. The van der Waals surface area contributed by atoms with Crippen molar-refractivity contribution in [3.63, 3.8) is 0 Å². The van der Waals surface area contributed by atoms with Crippen LogP contribution in [-0.2, 0) is 0 Å². The van der Waals surface area contributed by atoms with Crippen LogP contribution in [-0.4, -0.2) is 17.4 Å². The highest BCUT2D eigenvalue weighted by Crippen LogP contribution is 2.00. The molecule has 2 N–H and O–H groups in total. The van der Waals surface area contributed by atoms with Gasteiger partial charge in [-0.15, -0.1) is 0 Å². The highest BCUT2D eigenvalue weighted by Gasteiger charge is 1.89. The van der Waals surface area contributed by atoms with Crippen LogP contribution in [0, 0.1) is 0 Å². The van der Waals surface area contributed by atoms with Crippen molar-refractivity contribution in [3.05, 3.63) is 42.0 Å². The lowest BCUT2D eigenvalue weighted by atomic mass is 10.2. The lowest BCUT2D eigenvalue weighted by Crippen LogP contribution is -2.32. The Morgan fingerprint density at radius 2 is 2.06 bits per heavy atom. The van der Waals surface area contributed by atoms with E-state index in [0.717, 1.165) is 17.8 Å². The number of benzene rings is 1. The Bertz CT molecular complexity index is 410. The van der Waals surface area contributed by atoms with Crippen molar-refractivity contribution in [2.45, 2.75) is 13.8 Å². The third-order valence-electron chi connectivity index (χ3n) is 1.99. The number of nitrogens with one attached hydrogen (secondary N) is 2. The highest BCUT2D eigenvalue weighted by atomic mass is 32.1. The first-order chi connectivity index (χ1) is 8.22.